The molecule has 0 aliphatic rings. The van der Waals surface area contributed by atoms with Gasteiger partial charge in [-0.1, -0.05) is 54.6 Å². The summed E-state index contributed by atoms with van der Waals surface area (Å²) in [5.74, 6) is 0.658. The van der Waals surface area contributed by atoms with Gasteiger partial charge in [0, 0.05) is 22.6 Å². The lowest BCUT2D eigenvalue weighted by molar-refractivity contribution is -0.115. The molecule has 1 N–H and O–H groups in total. The minimum Gasteiger partial charge on any atom is -0.496 e. The summed E-state index contributed by atoms with van der Waals surface area (Å²) in [4.78, 5) is 14.1. The van der Waals surface area contributed by atoms with E-state index in [0.29, 0.717) is 12.1 Å². The third kappa shape index (κ3) is 4.61. The van der Waals surface area contributed by atoms with Gasteiger partial charge in [-0.2, -0.15) is 0 Å². The maximum atomic E-state index is 12.9. The topological polar surface area (TPSA) is 38.3 Å². The van der Waals surface area contributed by atoms with Crippen molar-refractivity contribution in [3.8, 4) is 5.75 Å². The van der Waals surface area contributed by atoms with Gasteiger partial charge in [-0.15, -0.1) is 11.3 Å². The van der Waals surface area contributed by atoms with E-state index in [1.165, 1.54) is 4.88 Å². The van der Waals surface area contributed by atoms with Gasteiger partial charge in [-0.3, -0.25) is 4.79 Å². The molecular weight excluding hydrogens is 342 g/mol. The fourth-order valence-electron chi connectivity index (χ4n) is 2.69. The average Bonchev–Trinajstić information content (AvgIpc) is 3.20. The maximum Gasteiger partial charge on any atom is 0.251 e. The number of ether oxygens (including phenoxy) is 1. The van der Waals surface area contributed by atoms with E-state index < -0.39 is 0 Å². The lowest BCUT2D eigenvalue weighted by atomic mass is 10.0. The van der Waals surface area contributed by atoms with Gasteiger partial charge in [-0.25, -0.2) is 0 Å². The standard InChI is InChI=1S/C22H21NO2S/c1-25-21-12-6-5-10-18(21)16-20(17-8-3-2-4-9-17)22(24)23-14-13-19-11-7-15-26-19/h2-12,15-16H,13-14H2,1H3,(H,23,24)/b20-16+. The molecule has 26 heavy (non-hydrogen) atoms. The van der Waals surface area contributed by atoms with Crippen LogP contribution < -0.4 is 10.1 Å². The lowest BCUT2D eigenvalue weighted by Crippen LogP contribution is -2.26. The summed E-state index contributed by atoms with van der Waals surface area (Å²) in [5, 5.41) is 5.09. The Morgan fingerprint density at radius 3 is 2.54 bits per heavy atom. The third-order valence-electron chi connectivity index (χ3n) is 4.01. The van der Waals surface area contributed by atoms with Gasteiger partial charge in [0.2, 0.25) is 0 Å². The van der Waals surface area contributed by atoms with Crippen LogP contribution in [0.15, 0.2) is 72.1 Å². The van der Waals surface area contributed by atoms with Gasteiger partial charge in [-0.05, 0) is 35.6 Å². The van der Waals surface area contributed by atoms with Crippen molar-refractivity contribution in [3.63, 3.8) is 0 Å². The molecule has 3 nitrogen and oxygen atoms in total. The highest BCUT2D eigenvalue weighted by Gasteiger charge is 2.13. The van der Waals surface area contributed by atoms with Crippen molar-refractivity contribution in [3.05, 3.63) is 88.1 Å². The first-order chi connectivity index (χ1) is 12.8. The van der Waals surface area contributed by atoms with E-state index in [1.807, 2.05) is 72.1 Å². The first-order valence-electron chi connectivity index (χ1n) is 8.48. The second-order valence-corrected chi connectivity index (χ2v) is 6.78. The van der Waals surface area contributed by atoms with E-state index in [9.17, 15) is 4.79 Å². The molecule has 132 valence electrons. The van der Waals surface area contributed by atoms with Gasteiger partial charge in [0.1, 0.15) is 5.75 Å². The van der Waals surface area contributed by atoms with Gasteiger partial charge < -0.3 is 10.1 Å². The van der Waals surface area contributed by atoms with Crippen LogP contribution in [0.1, 0.15) is 16.0 Å². The number of hydrogen-bond donors (Lipinski definition) is 1. The molecule has 1 amide bonds. The average molecular weight is 363 g/mol. The Balaban J connectivity index is 1.83. The molecule has 0 aliphatic carbocycles. The summed E-state index contributed by atoms with van der Waals surface area (Å²) in [6.07, 6.45) is 2.72. The van der Waals surface area contributed by atoms with Crippen LogP contribution in [0.4, 0.5) is 0 Å². The number of amides is 1. The second kappa shape index (κ2) is 9.02. The monoisotopic (exact) mass is 363 g/mol. The maximum absolute atomic E-state index is 12.9. The highest BCUT2D eigenvalue weighted by Crippen LogP contribution is 2.24. The van der Waals surface area contributed by atoms with Gasteiger partial charge in [0.05, 0.1) is 7.11 Å². The molecule has 0 fully saturated rings. The van der Waals surface area contributed by atoms with Gasteiger partial charge in [0.15, 0.2) is 0 Å². The number of thiophene rings is 1. The minimum atomic E-state index is -0.0846. The number of hydrogen-bond acceptors (Lipinski definition) is 3. The highest BCUT2D eigenvalue weighted by molar-refractivity contribution is 7.09. The largest absolute Gasteiger partial charge is 0.496 e. The number of carbonyl (C=O) groups excluding carboxylic acids is 1. The van der Waals surface area contributed by atoms with Crippen molar-refractivity contribution in [1.29, 1.82) is 0 Å². The Morgan fingerprint density at radius 2 is 1.81 bits per heavy atom. The summed E-state index contributed by atoms with van der Waals surface area (Å²) in [7, 11) is 1.63. The normalized spacial score (nSPS) is 11.2. The molecule has 2 aromatic carbocycles. The van der Waals surface area contributed by atoms with Crippen molar-refractivity contribution in [2.24, 2.45) is 0 Å². The van der Waals surface area contributed by atoms with Crippen molar-refractivity contribution in [1.82, 2.24) is 5.32 Å². The fourth-order valence-corrected chi connectivity index (χ4v) is 3.40. The molecule has 0 bridgehead atoms. The van der Waals surface area contributed by atoms with Crippen molar-refractivity contribution >= 4 is 28.9 Å². The molecule has 0 saturated carbocycles. The van der Waals surface area contributed by atoms with E-state index in [2.05, 4.69) is 11.4 Å². The molecule has 0 atom stereocenters. The molecule has 0 saturated heterocycles. The van der Waals surface area contributed by atoms with Crippen LogP contribution in [-0.2, 0) is 11.2 Å². The molecule has 0 unspecified atom stereocenters. The Hall–Kier alpha value is -2.85. The summed E-state index contributed by atoms with van der Waals surface area (Å²) in [6.45, 7) is 0.607. The zero-order valence-electron chi connectivity index (χ0n) is 14.6. The number of nitrogens with one attached hydrogen (secondary N) is 1. The summed E-state index contributed by atoms with van der Waals surface area (Å²) >= 11 is 1.70. The van der Waals surface area contributed by atoms with Crippen LogP contribution in [0, 0.1) is 0 Å². The zero-order valence-corrected chi connectivity index (χ0v) is 15.5. The van der Waals surface area contributed by atoms with E-state index in [0.717, 1.165) is 23.3 Å². The van der Waals surface area contributed by atoms with Crippen LogP contribution in [0.2, 0.25) is 0 Å². The van der Waals surface area contributed by atoms with E-state index >= 15 is 0 Å². The number of benzene rings is 2. The van der Waals surface area contributed by atoms with Gasteiger partial charge in [0.25, 0.3) is 5.91 Å². The van der Waals surface area contributed by atoms with Crippen molar-refractivity contribution in [2.75, 3.05) is 13.7 Å². The minimum absolute atomic E-state index is 0.0846. The fraction of sp³-hybridized carbons (Fsp3) is 0.136. The molecule has 0 radical (unpaired) electrons. The van der Waals surface area contributed by atoms with E-state index in [4.69, 9.17) is 4.74 Å². The summed E-state index contributed by atoms with van der Waals surface area (Å²) < 4.78 is 5.42. The van der Waals surface area contributed by atoms with Crippen LogP contribution >= 0.6 is 11.3 Å². The van der Waals surface area contributed by atoms with E-state index in [-0.39, 0.29) is 5.91 Å². The van der Waals surface area contributed by atoms with Crippen LogP contribution in [0.3, 0.4) is 0 Å². The molecule has 1 heterocycles. The molecule has 3 rings (SSSR count). The van der Waals surface area contributed by atoms with Crippen LogP contribution in [0.25, 0.3) is 11.6 Å². The summed E-state index contributed by atoms with van der Waals surface area (Å²) in [5.41, 5.74) is 2.38. The number of carbonyl (C=O) groups is 1. The van der Waals surface area contributed by atoms with E-state index in [1.54, 1.807) is 18.4 Å². The number of methoxy groups -OCH3 is 1. The van der Waals surface area contributed by atoms with Crippen molar-refractivity contribution in [2.45, 2.75) is 6.42 Å². The molecule has 0 spiro atoms. The van der Waals surface area contributed by atoms with Crippen LogP contribution in [0.5, 0.6) is 5.75 Å². The molecule has 1 aromatic heterocycles. The predicted octanol–water partition coefficient (Wildman–Crippen LogP) is 4.66. The Morgan fingerprint density at radius 1 is 1.04 bits per heavy atom. The molecular formula is C22H21NO2S. The second-order valence-electron chi connectivity index (χ2n) is 5.75. The SMILES string of the molecule is COc1ccccc1/C=C(/C(=O)NCCc1cccs1)c1ccccc1. The lowest BCUT2D eigenvalue weighted by Gasteiger charge is -2.11. The summed E-state index contributed by atoms with van der Waals surface area (Å²) in [6, 6.07) is 21.5. The highest BCUT2D eigenvalue weighted by atomic mass is 32.1. The smallest absolute Gasteiger partial charge is 0.251 e. The first kappa shape index (κ1) is 18.0. The zero-order chi connectivity index (χ0) is 18.2. The molecule has 4 heteroatoms. The van der Waals surface area contributed by atoms with Crippen LogP contribution in [-0.4, -0.2) is 19.6 Å². The van der Waals surface area contributed by atoms with Gasteiger partial charge >= 0.3 is 0 Å². The van der Waals surface area contributed by atoms with Crippen molar-refractivity contribution < 1.29 is 9.53 Å². The molecule has 3 aromatic rings. The Bertz CT molecular complexity index is 870. The Labute approximate surface area is 158 Å². The molecule has 0 aliphatic heterocycles. The predicted molar refractivity (Wildman–Crippen MR) is 108 cm³/mol. The number of rotatable bonds is 7. The quantitative estimate of drug-likeness (QED) is 0.490. The Kier molecular flexibility index (Phi) is 6.23. The number of para-hydroxylation sites is 1. The third-order valence-corrected chi connectivity index (χ3v) is 4.94. The first-order valence-corrected chi connectivity index (χ1v) is 9.36.